The summed E-state index contributed by atoms with van der Waals surface area (Å²) in [6.45, 7) is 8.89. The predicted octanol–water partition coefficient (Wildman–Crippen LogP) is 2.81. The highest BCUT2D eigenvalue weighted by Gasteiger charge is 2.16. The first-order valence-corrected chi connectivity index (χ1v) is 8.02. The van der Waals surface area contributed by atoms with Crippen molar-refractivity contribution in [2.45, 2.75) is 52.1 Å². The molecule has 1 aromatic rings. The van der Waals surface area contributed by atoms with Crippen molar-refractivity contribution >= 4 is 11.3 Å². The van der Waals surface area contributed by atoms with E-state index in [9.17, 15) is 0 Å². The van der Waals surface area contributed by atoms with Crippen molar-refractivity contribution in [1.82, 2.24) is 15.2 Å². The molecule has 1 aromatic heterocycles. The van der Waals surface area contributed by atoms with Gasteiger partial charge < -0.3 is 5.32 Å². The van der Waals surface area contributed by atoms with Gasteiger partial charge >= 0.3 is 0 Å². The van der Waals surface area contributed by atoms with Crippen LogP contribution in [0.3, 0.4) is 0 Å². The van der Waals surface area contributed by atoms with Gasteiger partial charge in [0, 0.05) is 24.5 Å². The molecule has 0 radical (unpaired) electrons. The molecule has 18 heavy (non-hydrogen) atoms. The number of nitrogens with zero attached hydrogens (tertiary/aromatic N) is 2. The highest BCUT2D eigenvalue weighted by atomic mass is 32.1. The lowest BCUT2D eigenvalue weighted by molar-refractivity contribution is 0.215. The monoisotopic (exact) mass is 267 g/mol. The molecule has 2 heterocycles. The van der Waals surface area contributed by atoms with Crippen molar-refractivity contribution in [1.29, 1.82) is 0 Å². The Labute approximate surface area is 115 Å². The number of hydrogen-bond donors (Lipinski definition) is 1. The van der Waals surface area contributed by atoms with Crippen LogP contribution in [0.25, 0.3) is 0 Å². The third-order valence-corrected chi connectivity index (χ3v) is 4.31. The van der Waals surface area contributed by atoms with Gasteiger partial charge in [-0.3, -0.25) is 4.90 Å². The Morgan fingerprint density at radius 1 is 1.50 bits per heavy atom. The molecule has 0 spiro atoms. The van der Waals surface area contributed by atoms with E-state index >= 15 is 0 Å². The minimum absolute atomic E-state index is 0.685. The number of thiazole rings is 1. The molecule has 102 valence electrons. The van der Waals surface area contributed by atoms with Crippen LogP contribution < -0.4 is 5.32 Å². The summed E-state index contributed by atoms with van der Waals surface area (Å²) in [6.07, 6.45) is 5.27. The topological polar surface area (TPSA) is 28.2 Å². The zero-order valence-corrected chi connectivity index (χ0v) is 12.4. The molecule has 0 aromatic carbocycles. The van der Waals surface area contributed by atoms with Gasteiger partial charge in [0.15, 0.2) is 0 Å². The summed E-state index contributed by atoms with van der Waals surface area (Å²) in [5, 5.41) is 7.02. The van der Waals surface area contributed by atoms with Crippen LogP contribution in [0.2, 0.25) is 0 Å². The number of nitrogens with one attached hydrogen (secondary N) is 1. The lowest BCUT2D eigenvalue weighted by Gasteiger charge is -2.30. The molecule has 2 rings (SSSR count). The number of hydrogen-bond acceptors (Lipinski definition) is 4. The number of rotatable bonds is 6. The van der Waals surface area contributed by atoms with Crippen molar-refractivity contribution in [3.63, 3.8) is 0 Å². The molecule has 0 saturated carbocycles. The van der Waals surface area contributed by atoms with Crippen LogP contribution in [0.4, 0.5) is 0 Å². The molecule has 3 nitrogen and oxygen atoms in total. The Balaban J connectivity index is 1.86. The van der Waals surface area contributed by atoms with Gasteiger partial charge in [0.1, 0.15) is 0 Å². The highest BCUT2D eigenvalue weighted by molar-refractivity contribution is 7.09. The first-order chi connectivity index (χ1) is 8.78. The molecule has 4 heteroatoms. The Kier molecular flexibility index (Phi) is 5.60. The Morgan fingerprint density at radius 2 is 2.39 bits per heavy atom. The molecule has 0 bridgehead atoms. The summed E-state index contributed by atoms with van der Waals surface area (Å²) in [5.41, 5.74) is 1.24. The van der Waals surface area contributed by atoms with Crippen molar-refractivity contribution in [3.8, 4) is 0 Å². The largest absolute Gasteiger partial charge is 0.313 e. The fourth-order valence-electron chi connectivity index (χ4n) is 2.65. The molecule has 0 amide bonds. The summed E-state index contributed by atoms with van der Waals surface area (Å²) in [4.78, 5) is 7.14. The standard InChI is InChI=1S/C14H25N3S/c1-3-8-17(9-13-6-4-5-7-15-13)10-14-11-18-12(2)16-14/h11,13,15H,3-10H2,1-2H3. The lowest BCUT2D eigenvalue weighted by Crippen LogP contribution is -2.43. The second-order valence-electron chi connectivity index (χ2n) is 5.24. The summed E-state index contributed by atoms with van der Waals surface area (Å²) >= 11 is 1.76. The zero-order valence-electron chi connectivity index (χ0n) is 11.6. The van der Waals surface area contributed by atoms with E-state index in [-0.39, 0.29) is 0 Å². The van der Waals surface area contributed by atoms with E-state index < -0.39 is 0 Å². The fraction of sp³-hybridized carbons (Fsp3) is 0.786. The van der Waals surface area contributed by atoms with Gasteiger partial charge in [-0.25, -0.2) is 4.98 Å². The molecule has 1 aliphatic rings. The van der Waals surface area contributed by atoms with Crippen LogP contribution in [-0.2, 0) is 6.54 Å². The summed E-state index contributed by atoms with van der Waals surface area (Å²) < 4.78 is 0. The maximum Gasteiger partial charge on any atom is 0.0897 e. The summed E-state index contributed by atoms with van der Waals surface area (Å²) in [5.74, 6) is 0. The van der Waals surface area contributed by atoms with E-state index in [1.807, 2.05) is 0 Å². The quantitative estimate of drug-likeness (QED) is 0.859. The lowest BCUT2D eigenvalue weighted by atomic mass is 10.0. The summed E-state index contributed by atoms with van der Waals surface area (Å²) in [7, 11) is 0. The Morgan fingerprint density at radius 3 is 3.00 bits per heavy atom. The van der Waals surface area contributed by atoms with E-state index in [4.69, 9.17) is 0 Å². The number of piperidine rings is 1. The van der Waals surface area contributed by atoms with Gasteiger partial charge in [-0.05, 0) is 39.3 Å². The van der Waals surface area contributed by atoms with Crippen molar-refractivity contribution in [2.24, 2.45) is 0 Å². The van der Waals surface area contributed by atoms with Gasteiger partial charge in [0.25, 0.3) is 0 Å². The molecule has 1 saturated heterocycles. The third kappa shape index (κ3) is 4.34. The average molecular weight is 267 g/mol. The zero-order chi connectivity index (χ0) is 12.8. The fourth-order valence-corrected chi connectivity index (χ4v) is 3.26. The van der Waals surface area contributed by atoms with Crippen LogP contribution in [0, 0.1) is 6.92 Å². The number of aryl methyl sites for hydroxylation is 1. The van der Waals surface area contributed by atoms with Gasteiger partial charge in [-0.15, -0.1) is 11.3 Å². The maximum absolute atomic E-state index is 4.58. The van der Waals surface area contributed by atoms with Gasteiger partial charge in [0.2, 0.25) is 0 Å². The molecular formula is C14H25N3S. The van der Waals surface area contributed by atoms with Crippen LogP contribution in [0.1, 0.15) is 43.3 Å². The normalized spacial score (nSPS) is 20.5. The van der Waals surface area contributed by atoms with Crippen molar-refractivity contribution in [2.75, 3.05) is 19.6 Å². The smallest absolute Gasteiger partial charge is 0.0897 e. The predicted molar refractivity (Wildman–Crippen MR) is 78.1 cm³/mol. The second-order valence-corrected chi connectivity index (χ2v) is 6.30. The van der Waals surface area contributed by atoms with E-state index in [0.717, 1.165) is 6.54 Å². The minimum atomic E-state index is 0.685. The summed E-state index contributed by atoms with van der Waals surface area (Å²) in [6, 6.07) is 0.685. The van der Waals surface area contributed by atoms with Crippen molar-refractivity contribution < 1.29 is 0 Å². The molecule has 0 aliphatic carbocycles. The first kappa shape index (κ1) is 14.0. The van der Waals surface area contributed by atoms with Crippen molar-refractivity contribution in [3.05, 3.63) is 16.1 Å². The van der Waals surface area contributed by atoms with Gasteiger partial charge in [-0.2, -0.15) is 0 Å². The van der Waals surface area contributed by atoms with Crippen LogP contribution >= 0.6 is 11.3 Å². The SMILES string of the molecule is CCCN(Cc1csc(C)n1)CC1CCCCN1. The van der Waals surface area contributed by atoms with E-state index in [0.29, 0.717) is 6.04 Å². The molecule has 1 unspecified atom stereocenters. The van der Waals surface area contributed by atoms with E-state index in [1.165, 1.54) is 56.0 Å². The third-order valence-electron chi connectivity index (χ3n) is 3.48. The van der Waals surface area contributed by atoms with Crippen LogP contribution in [-0.4, -0.2) is 35.6 Å². The minimum Gasteiger partial charge on any atom is -0.313 e. The molecule has 1 N–H and O–H groups in total. The van der Waals surface area contributed by atoms with Gasteiger partial charge in [-0.1, -0.05) is 13.3 Å². The second kappa shape index (κ2) is 7.22. The van der Waals surface area contributed by atoms with Gasteiger partial charge in [0.05, 0.1) is 10.7 Å². The molecular weight excluding hydrogens is 242 g/mol. The number of aromatic nitrogens is 1. The Bertz CT molecular complexity index is 345. The van der Waals surface area contributed by atoms with E-state index in [2.05, 4.69) is 34.4 Å². The molecule has 1 fully saturated rings. The highest BCUT2D eigenvalue weighted by Crippen LogP contribution is 2.13. The first-order valence-electron chi connectivity index (χ1n) is 7.14. The van der Waals surface area contributed by atoms with Crippen LogP contribution in [0.15, 0.2) is 5.38 Å². The van der Waals surface area contributed by atoms with E-state index in [1.54, 1.807) is 11.3 Å². The Hall–Kier alpha value is -0.450. The molecule has 1 aliphatic heterocycles. The average Bonchev–Trinajstić information content (AvgIpc) is 2.76. The maximum atomic E-state index is 4.58. The molecule has 1 atom stereocenters. The van der Waals surface area contributed by atoms with Crippen LogP contribution in [0.5, 0.6) is 0 Å².